The van der Waals surface area contributed by atoms with Crippen LogP contribution in [0.3, 0.4) is 0 Å². The number of carbonyl (C=O) groups is 1. The summed E-state index contributed by atoms with van der Waals surface area (Å²) in [5.74, 6) is 0.0537. The largest absolute Gasteiger partial charge is 0.338 e. The van der Waals surface area contributed by atoms with E-state index in [0.717, 1.165) is 19.4 Å². The van der Waals surface area contributed by atoms with Crippen LogP contribution in [0.1, 0.15) is 18.4 Å². The van der Waals surface area contributed by atoms with E-state index in [1.807, 2.05) is 4.90 Å². The van der Waals surface area contributed by atoms with Crippen molar-refractivity contribution in [2.24, 2.45) is 5.73 Å². The topological polar surface area (TPSA) is 46.3 Å². The minimum Gasteiger partial charge on any atom is -0.338 e. The van der Waals surface area contributed by atoms with Crippen molar-refractivity contribution in [3.8, 4) is 0 Å². The Morgan fingerprint density at radius 1 is 1.37 bits per heavy atom. The Hall–Kier alpha value is -0.480. The summed E-state index contributed by atoms with van der Waals surface area (Å²) >= 11 is 12.1. The average molecular weight is 324 g/mol. The predicted octanol–water partition coefficient (Wildman–Crippen LogP) is 2.91. The van der Waals surface area contributed by atoms with Crippen molar-refractivity contribution in [2.75, 3.05) is 13.1 Å². The number of amides is 1. The molecule has 1 aliphatic rings. The number of carbonyl (C=O) groups excluding carboxylic acids is 1. The molecule has 1 aromatic carbocycles. The number of hydrogen-bond acceptors (Lipinski definition) is 2. The minimum atomic E-state index is 0. The van der Waals surface area contributed by atoms with Gasteiger partial charge in [-0.2, -0.15) is 0 Å². The van der Waals surface area contributed by atoms with E-state index in [2.05, 4.69) is 0 Å². The smallest absolute Gasteiger partial charge is 0.227 e. The maximum Gasteiger partial charge on any atom is 0.227 e. The van der Waals surface area contributed by atoms with Gasteiger partial charge in [-0.25, -0.2) is 0 Å². The number of halogens is 3. The highest BCUT2D eigenvalue weighted by atomic mass is 35.5. The third-order valence-electron chi connectivity index (χ3n) is 3.36. The Balaban J connectivity index is 0.00000180. The molecule has 0 radical (unpaired) electrons. The highest BCUT2D eigenvalue weighted by Gasteiger charge is 2.28. The number of hydrogen-bond donors (Lipinski definition) is 1. The van der Waals surface area contributed by atoms with Crippen molar-refractivity contribution in [3.05, 3.63) is 33.8 Å². The van der Waals surface area contributed by atoms with Gasteiger partial charge < -0.3 is 10.6 Å². The fourth-order valence-corrected chi connectivity index (χ4v) is 2.89. The molecule has 2 N–H and O–H groups in total. The quantitative estimate of drug-likeness (QED) is 0.929. The van der Waals surface area contributed by atoms with Crippen LogP contribution in [0.25, 0.3) is 0 Å². The van der Waals surface area contributed by atoms with Gasteiger partial charge in [0.25, 0.3) is 0 Å². The lowest BCUT2D eigenvalue weighted by Crippen LogP contribution is -2.40. The number of likely N-dealkylation sites (tertiary alicyclic amines) is 1. The standard InChI is InChI=1S/C13H16Cl2N2O.ClH/c14-11-4-1-5-12(15)10(11)7-13(18)17-6-2-3-9(17)8-16;/h1,4-5,9H,2-3,6-8,16H2;1H. The molecule has 2 rings (SSSR count). The van der Waals surface area contributed by atoms with Crippen LogP contribution in [0.15, 0.2) is 18.2 Å². The van der Waals surface area contributed by atoms with Crippen LogP contribution in [-0.4, -0.2) is 29.9 Å². The van der Waals surface area contributed by atoms with Crippen molar-refractivity contribution in [3.63, 3.8) is 0 Å². The van der Waals surface area contributed by atoms with E-state index in [4.69, 9.17) is 28.9 Å². The Morgan fingerprint density at radius 3 is 2.58 bits per heavy atom. The number of nitrogens with two attached hydrogens (primary N) is 1. The van der Waals surface area contributed by atoms with E-state index < -0.39 is 0 Å². The summed E-state index contributed by atoms with van der Waals surface area (Å²) in [5, 5.41) is 1.08. The molecule has 19 heavy (non-hydrogen) atoms. The Labute approximate surface area is 129 Å². The fraction of sp³-hybridized carbons (Fsp3) is 0.462. The van der Waals surface area contributed by atoms with Crippen molar-refractivity contribution < 1.29 is 4.79 Å². The average Bonchev–Trinajstić information content (AvgIpc) is 2.82. The molecule has 1 amide bonds. The molecule has 0 aromatic heterocycles. The number of rotatable bonds is 3. The van der Waals surface area contributed by atoms with Crippen LogP contribution in [0.4, 0.5) is 0 Å². The van der Waals surface area contributed by atoms with Crippen LogP contribution >= 0.6 is 35.6 Å². The van der Waals surface area contributed by atoms with Crippen molar-refractivity contribution in [1.29, 1.82) is 0 Å². The van der Waals surface area contributed by atoms with Crippen molar-refractivity contribution in [1.82, 2.24) is 4.90 Å². The van der Waals surface area contributed by atoms with Crippen LogP contribution in [0, 0.1) is 0 Å². The molecular formula is C13H17Cl3N2O. The first-order valence-electron chi connectivity index (χ1n) is 6.06. The molecule has 6 heteroatoms. The zero-order valence-electron chi connectivity index (χ0n) is 10.4. The normalized spacial score (nSPS) is 18.3. The second kappa shape index (κ2) is 7.34. The highest BCUT2D eigenvalue weighted by Crippen LogP contribution is 2.26. The maximum absolute atomic E-state index is 12.2. The zero-order valence-corrected chi connectivity index (χ0v) is 12.8. The van der Waals surface area contributed by atoms with Gasteiger partial charge in [-0.3, -0.25) is 4.79 Å². The summed E-state index contributed by atoms with van der Waals surface area (Å²) in [6, 6.07) is 5.44. The monoisotopic (exact) mass is 322 g/mol. The van der Waals surface area contributed by atoms with Gasteiger partial charge >= 0.3 is 0 Å². The zero-order chi connectivity index (χ0) is 13.1. The van der Waals surface area contributed by atoms with E-state index in [9.17, 15) is 4.79 Å². The first-order chi connectivity index (χ1) is 8.63. The van der Waals surface area contributed by atoms with Crippen LogP contribution < -0.4 is 5.73 Å². The van der Waals surface area contributed by atoms with Gasteiger partial charge in [-0.05, 0) is 30.5 Å². The van der Waals surface area contributed by atoms with E-state index in [1.54, 1.807) is 18.2 Å². The lowest BCUT2D eigenvalue weighted by atomic mass is 10.1. The van der Waals surface area contributed by atoms with Crippen molar-refractivity contribution in [2.45, 2.75) is 25.3 Å². The molecule has 106 valence electrons. The molecule has 1 aliphatic heterocycles. The fourth-order valence-electron chi connectivity index (χ4n) is 2.36. The Bertz CT molecular complexity index is 433. The molecule has 1 unspecified atom stereocenters. The van der Waals surface area contributed by atoms with Gasteiger partial charge in [0.1, 0.15) is 0 Å². The second-order valence-electron chi connectivity index (χ2n) is 4.50. The van der Waals surface area contributed by atoms with Crippen LogP contribution in [-0.2, 0) is 11.2 Å². The van der Waals surface area contributed by atoms with Crippen LogP contribution in [0.2, 0.25) is 10.0 Å². The van der Waals surface area contributed by atoms with E-state index >= 15 is 0 Å². The maximum atomic E-state index is 12.2. The predicted molar refractivity (Wildman–Crippen MR) is 81.2 cm³/mol. The SMILES string of the molecule is Cl.NCC1CCCN1C(=O)Cc1c(Cl)cccc1Cl. The lowest BCUT2D eigenvalue weighted by molar-refractivity contribution is -0.131. The van der Waals surface area contributed by atoms with Gasteiger partial charge in [0, 0.05) is 29.2 Å². The summed E-state index contributed by atoms with van der Waals surface area (Å²) in [4.78, 5) is 14.1. The Kier molecular flexibility index (Phi) is 6.40. The molecular weight excluding hydrogens is 307 g/mol. The summed E-state index contributed by atoms with van der Waals surface area (Å²) in [7, 11) is 0. The first-order valence-corrected chi connectivity index (χ1v) is 6.81. The third kappa shape index (κ3) is 3.76. The van der Waals surface area contributed by atoms with Gasteiger partial charge in [-0.15, -0.1) is 12.4 Å². The van der Waals surface area contributed by atoms with Gasteiger partial charge in [0.05, 0.1) is 6.42 Å². The third-order valence-corrected chi connectivity index (χ3v) is 4.07. The van der Waals surface area contributed by atoms with Crippen molar-refractivity contribution >= 4 is 41.5 Å². The molecule has 0 spiro atoms. The van der Waals surface area contributed by atoms with E-state index in [-0.39, 0.29) is 30.8 Å². The molecule has 1 heterocycles. The number of nitrogens with zero attached hydrogens (tertiary/aromatic N) is 1. The van der Waals surface area contributed by atoms with Gasteiger partial charge in [-0.1, -0.05) is 29.3 Å². The molecule has 1 fully saturated rings. The van der Waals surface area contributed by atoms with E-state index in [0.29, 0.717) is 22.2 Å². The highest BCUT2D eigenvalue weighted by molar-refractivity contribution is 6.36. The molecule has 1 atom stereocenters. The molecule has 1 saturated heterocycles. The van der Waals surface area contributed by atoms with E-state index in [1.165, 1.54) is 0 Å². The molecule has 1 aromatic rings. The summed E-state index contributed by atoms with van der Waals surface area (Å²) in [6.07, 6.45) is 2.25. The van der Waals surface area contributed by atoms with Crippen LogP contribution in [0.5, 0.6) is 0 Å². The summed E-state index contributed by atoms with van der Waals surface area (Å²) in [5.41, 5.74) is 6.37. The lowest BCUT2D eigenvalue weighted by Gasteiger charge is -2.23. The van der Waals surface area contributed by atoms with Gasteiger partial charge in [0.15, 0.2) is 0 Å². The minimum absolute atomic E-state index is 0. The molecule has 3 nitrogen and oxygen atoms in total. The molecule has 0 bridgehead atoms. The summed E-state index contributed by atoms with van der Waals surface area (Å²) < 4.78 is 0. The first kappa shape index (κ1) is 16.6. The van der Waals surface area contributed by atoms with Gasteiger partial charge in [0.2, 0.25) is 5.91 Å². The number of benzene rings is 1. The molecule has 0 saturated carbocycles. The molecule has 0 aliphatic carbocycles. The second-order valence-corrected chi connectivity index (χ2v) is 5.31. The summed E-state index contributed by atoms with van der Waals surface area (Å²) in [6.45, 7) is 1.30. The Morgan fingerprint density at radius 2 is 2.00 bits per heavy atom.